The van der Waals surface area contributed by atoms with Crippen molar-refractivity contribution in [1.82, 2.24) is 9.78 Å². The Balaban J connectivity index is 2.52. The van der Waals surface area contributed by atoms with Crippen LogP contribution >= 0.6 is 0 Å². The van der Waals surface area contributed by atoms with Crippen LogP contribution in [-0.2, 0) is 13.5 Å². The predicted octanol–water partition coefficient (Wildman–Crippen LogP) is 0.979. The molecule has 1 heterocycles. The van der Waals surface area contributed by atoms with Crippen LogP contribution in [0.25, 0.3) is 0 Å². The molecule has 0 saturated carbocycles. The first-order chi connectivity index (χ1) is 5.59. The highest BCUT2D eigenvalue weighted by atomic mass is 16.3. The molecule has 1 rings (SSSR count). The van der Waals surface area contributed by atoms with Crippen LogP contribution < -0.4 is 0 Å². The molecule has 0 radical (unpaired) electrons. The van der Waals surface area contributed by atoms with E-state index >= 15 is 0 Å². The molecule has 0 amide bonds. The maximum Gasteiger partial charge on any atom is 0.0628 e. The number of aliphatic hydroxyl groups excluding tert-OH is 1. The molecule has 0 fully saturated rings. The second-order valence-electron chi connectivity index (χ2n) is 3.40. The van der Waals surface area contributed by atoms with Crippen molar-refractivity contribution in [3.63, 3.8) is 0 Å². The maximum atomic E-state index is 9.25. The van der Waals surface area contributed by atoms with Gasteiger partial charge in [-0.25, -0.2) is 0 Å². The molecular weight excluding hydrogens is 152 g/mol. The van der Waals surface area contributed by atoms with E-state index < -0.39 is 0 Å². The Morgan fingerprint density at radius 1 is 1.58 bits per heavy atom. The first-order valence-electron chi connectivity index (χ1n) is 4.26. The van der Waals surface area contributed by atoms with E-state index in [4.69, 9.17) is 0 Å². The summed E-state index contributed by atoms with van der Waals surface area (Å²) in [6.45, 7) is 3.84. The minimum Gasteiger partial charge on any atom is -0.393 e. The molecule has 0 saturated heterocycles. The Morgan fingerprint density at radius 2 is 2.25 bits per heavy atom. The van der Waals surface area contributed by atoms with Gasteiger partial charge in [0, 0.05) is 13.2 Å². The smallest absolute Gasteiger partial charge is 0.0628 e. The molecule has 0 aromatic carbocycles. The Bertz CT molecular complexity index is 242. The molecule has 2 unspecified atom stereocenters. The number of aryl methyl sites for hydroxylation is 1. The van der Waals surface area contributed by atoms with Crippen LogP contribution in [0.1, 0.15) is 19.5 Å². The highest BCUT2D eigenvalue weighted by Gasteiger charge is 2.10. The Morgan fingerprint density at radius 3 is 2.67 bits per heavy atom. The van der Waals surface area contributed by atoms with E-state index in [2.05, 4.69) is 5.10 Å². The highest BCUT2D eigenvalue weighted by molar-refractivity contribution is 4.99. The molecule has 0 aliphatic carbocycles. The summed E-state index contributed by atoms with van der Waals surface area (Å²) < 4.78 is 1.78. The van der Waals surface area contributed by atoms with Crippen molar-refractivity contribution >= 4 is 0 Å². The van der Waals surface area contributed by atoms with E-state index in [1.165, 1.54) is 0 Å². The van der Waals surface area contributed by atoms with Gasteiger partial charge in [-0.05, 0) is 25.3 Å². The van der Waals surface area contributed by atoms with Gasteiger partial charge in [-0.15, -0.1) is 0 Å². The number of hydrogen-bond acceptors (Lipinski definition) is 2. The molecule has 2 atom stereocenters. The molecule has 3 nitrogen and oxygen atoms in total. The summed E-state index contributed by atoms with van der Waals surface area (Å²) in [5, 5.41) is 13.5. The average Bonchev–Trinajstić information content (AvgIpc) is 2.35. The monoisotopic (exact) mass is 168 g/mol. The maximum absolute atomic E-state index is 9.25. The molecule has 0 aliphatic heterocycles. The molecule has 1 aromatic heterocycles. The van der Waals surface area contributed by atoms with Crippen molar-refractivity contribution in [1.29, 1.82) is 0 Å². The number of nitrogens with zero attached hydrogens (tertiary/aromatic N) is 2. The van der Waals surface area contributed by atoms with Crippen LogP contribution in [0.5, 0.6) is 0 Å². The van der Waals surface area contributed by atoms with Crippen molar-refractivity contribution in [2.45, 2.75) is 26.4 Å². The molecule has 68 valence electrons. The van der Waals surface area contributed by atoms with Crippen LogP contribution in [0, 0.1) is 5.92 Å². The summed E-state index contributed by atoms with van der Waals surface area (Å²) in [7, 11) is 1.90. The Hall–Kier alpha value is -0.830. The zero-order valence-corrected chi connectivity index (χ0v) is 7.86. The fourth-order valence-corrected chi connectivity index (χ4v) is 1.07. The summed E-state index contributed by atoms with van der Waals surface area (Å²) in [6, 6.07) is 1.98. The molecule has 1 aromatic rings. The summed E-state index contributed by atoms with van der Waals surface area (Å²) in [4.78, 5) is 0. The molecule has 1 N–H and O–H groups in total. The third-order valence-corrected chi connectivity index (χ3v) is 2.12. The topological polar surface area (TPSA) is 38.0 Å². The van der Waals surface area contributed by atoms with Gasteiger partial charge in [-0.3, -0.25) is 4.68 Å². The minimum atomic E-state index is -0.257. The fourth-order valence-electron chi connectivity index (χ4n) is 1.07. The van der Waals surface area contributed by atoms with E-state index in [9.17, 15) is 5.11 Å². The minimum absolute atomic E-state index is 0.257. The van der Waals surface area contributed by atoms with Crippen molar-refractivity contribution in [2.24, 2.45) is 13.0 Å². The first-order valence-corrected chi connectivity index (χ1v) is 4.26. The number of hydrogen-bond donors (Lipinski definition) is 1. The number of aliphatic hydroxyl groups is 1. The first kappa shape index (κ1) is 9.26. The SMILES string of the molecule is CC(O)C(C)Cc1ccn(C)n1. The lowest BCUT2D eigenvalue weighted by molar-refractivity contribution is 0.134. The summed E-state index contributed by atoms with van der Waals surface area (Å²) in [6.07, 6.45) is 2.51. The summed E-state index contributed by atoms with van der Waals surface area (Å²) in [5.74, 6) is 0.278. The Labute approximate surface area is 73.0 Å². The summed E-state index contributed by atoms with van der Waals surface area (Å²) in [5.41, 5.74) is 1.05. The lowest BCUT2D eigenvalue weighted by Gasteiger charge is -2.12. The molecule has 0 bridgehead atoms. The standard InChI is InChI=1S/C9H16N2O/c1-7(8(2)12)6-9-4-5-11(3)10-9/h4-5,7-8,12H,6H2,1-3H3. The molecule has 12 heavy (non-hydrogen) atoms. The summed E-state index contributed by atoms with van der Waals surface area (Å²) >= 11 is 0. The lowest BCUT2D eigenvalue weighted by atomic mass is 10.0. The lowest BCUT2D eigenvalue weighted by Crippen LogP contribution is -2.15. The highest BCUT2D eigenvalue weighted by Crippen LogP contribution is 2.09. The van der Waals surface area contributed by atoms with Gasteiger partial charge < -0.3 is 5.11 Å². The number of aromatic nitrogens is 2. The van der Waals surface area contributed by atoms with Crippen molar-refractivity contribution < 1.29 is 5.11 Å². The average molecular weight is 168 g/mol. The molecule has 3 heteroatoms. The van der Waals surface area contributed by atoms with Crippen LogP contribution in [0.4, 0.5) is 0 Å². The van der Waals surface area contributed by atoms with Gasteiger partial charge in [0.1, 0.15) is 0 Å². The fraction of sp³-hybridized carbons (Fsp3) is 0.667. The Kier molecular flexibility index (Phi) is 2.87. The van der Waals surface area contributed by atoms with E-state index in [1.54, 1.807) is 4.68 Å². The second-order valence-corrected chi connectivity index (χ2v) is 3.40. The zero-order valence-electron chi connectivity index (χ0n) is 7.86. The van der Waals surface area contributed by atoms with Crippen molar-refractivity contribution in [3.05, 3.63) is 18.0 Å². The largest absolute Gasteiger partial charge is 0.393 e. The van der Waals surface area contributed by atoms with Crippen molar-refractivity contribution in [2.75, 3.05) is 0 Å². The predicted molar refractivity (Wildman–Crippen MR) is 47.8 cm³/mol. The quantitative estimate of drug-likeness (QED) is 0.730. The zero-order chi connectivity index (χ0) is 9.14. The third kappa shape index (κ3) is 2.34. The van der Waals surface area contributed by atoms with Crippen LogP contribution in [0.3, 0.4) is 0 Å². The molecule has 0 aliphatic rings. The van der Waals surface area contributed by atoms with E-state index in [-0.39, 0.29) is 12.0 Å². The van der Waals surface area contributed by atoms with Gasteiger partial charge in [-0.2, -0.15) is 5.10 Å². The normalized spacial score (nSPS) is 16.0. The van der Waals surface area contributed by atoms with E-state index in [0.717, 1.165) is 12.1 Å². The van der Waals surface area contributed by atoms with Crippen LogP contribution in [0.15, 0.2) is 12.3 Å². The molecular formula is C9H16N2O. The molecule has 0 spiro atoms. The van der Waals surface area contributed by atoms with Gasteiger partial charge >= 0.3 is 0 Å². The van der Waals surface area contributed by atoms with Crippen LogP contribution in [0.2, 0.25) is 0 Å². The van der Waals surface area contributed by atoms with Crippen LogP contribution in [-0.4, -0.2) is 21.0 Å². The number of rotatable bonds is 3. The van der Waals surface area contributed by atoms with E-state index in [0.29, 0.717) is 0 Å². The van der Waals surface area contributed by atoms with Crippen molar-refractivity contribution in [3.8, 4) is 0 Å². The van der Waals surface area contributed by atoms with Gasteiger partial charge in [0.25, 0.3) is 0 Å². The second kappa shape index (κ2) is 3.72. The third-order valence-electron chi connectivity index (χ3n) is 2.12. The van der Waals surface area contributed by atoms with Gasteiger partial charge in [-0.1, -0.05) is 6.92 Å². The van der Waals surface area contributed by atoms with Gasteiger partial charge in [0.2, 0.25) is 0 Å². The van der Waals surface area contributed by atoms with Gasteiger partial charge in [0.05, 0.1) is 11.8 Å². The van der Waals surface area contributed by atoms with E-state index in [1.807, 2.05) is 33.2 Å². The van der Waals surface area contributed by atoms with Gasteiger partial charge in [0.15, 0.2) is 0 Å².